The maximum atomic E-state index is 9.45. The summed E-state index contributed by atoms with van der Waals surface area (Å²) in [5.74, 6) is 8.81. The zero-order valence-electron chi connectivity index (χ0n) is 39.9. The second-order valence-corrected chi connectivity index (χ2v) is 17.8. The number of aromatic hydroxyl groups is 1. The van der Waals surface area contributed by atoms with Gasteiger partial charge in [0.1, 0.15) is 11.5 Å². The zero-order chi connectivity index (χ0) is 44.6. The van der Waals surface area contributed by atoms with E-state index in [4.69, 9.17) is 29.2 Å². The molecule has 1 N–H and O–H groups in total. The number of terminal acetylenes is 2. The van der Waals surface area contributed by atoms with Gasteiger partial charge in [0.15, 0.2) is 0 Å². The summed E-state index contributed by atoms with van der Waals surface area (Å²) in [6.07, 6.45) is 15.6. The van der Waals surface area contributed by atoms with Crippen LogP contribution in [0, 0.1) is 36.5 Å². The average Bonchev–Trinajstić information content (AvgIpc) is 3.77. The number of phenols is 1. The van der Waals surface area contributed by atoms with Crippen LogP contribution in [-0.2, 0) is 40.3 Å². The van der Waals surface area contributed by atoms with Crippen molar-refractivity contribution in [2.24, 2.45) is 25.9 Å². The van der Waals surface area contributed by atoms with E-state index in [1.165, 1.54) is 72.2 Å². The van der Waals surface area contributed by atoms with Gasteiger partial charge in [0.2, 0.25) is 0 Å². The number of likely N-dealkylation sites (tertiary alicyclic amines) is 2. The molecule has 2 fully saturated rings. The number of benzene rings is 4. The van der Waals surface area contributed by atoms with Gasteiger partial charge < -0.3 is 20.4 Å². The third-order valence-corrected chi connectivity index (χ3v) is 12.9. The van der Waals surface area contributed by atoms with Crippen LogP contribution in [0.2, 0.25) is 0 Å². The minimum atomic E-state index is 0. The molecule has 0 spiro atoms. The van der Waals surface area contributed by atoms with Gasteiger partial charge >= 0.3 is 29.6 Å². The van der Waals surface area contributed by atoms with Crippen LogP contribution in [-0.4, -0.2) is 99.7 Å². The quantitative estimate of drug-likeness (QED) is 0.0744. The molecule has 8 nitrogen and oxygen atoms in total. The number of hydrogen-bond donors (Lipinski definition) is 1. The molecule has 0 saturated carbocycles. The van der Waals surface area contributed by atoms with Crippen molar-refractivity contribution in [3.05, 3.63) is 132 Å². The molecular formula is C54H68ClN6NaO2. The van der Waals surface area contributed by atoms with E-state index < -0.39 is 0 Å². The number of piperidine rings is 2. The van der Waals surface area contributed by atoms with Crippen molar-refractivity contribution in [2.75, 3.05) is 65.9 Å². The molecule has 0 amide bonds. The summed E-state index contributed by atoms with van der Waals surface area (Å²) in [6.45, 7) is 10.6. The molecule has 4 aromatic carbocycles. The normalized spacial score (nSPS) is 14.9. The van der Waals surface area contributed by atoms with E-state index in [9.17, 15) is 5.11 Å². The summed E-state index contributed by atoms with van der Waals surface area (Å²) in [6, 6.07) is 37.6. The molecule has 6 aromatic rings. The molecule has 4 heterocycles. The summed E-state index contributed by atoms with van der Waals surface area (Å²) in [7, 11) is 8.19. The van der Waals surface area contributed by atoms with Gasteiger partial charge in [-0.3, -0.25) is 19.6 Å². The number of nitrogens with zero attached hydrogens (tertiary/aromatic N) is 6. The molecule has 8 rings (SSSR count). The van der Waals surface area contributed by atoms with Crippen molar-refractivity contribution < 1.29 is 40.8 Å². The molecule has 0 atom stereocenters. The van der Waals surface area contributed by atoms with Crippen molar-refractivity contribution in [2.45, 2.75) is 51.9 Å². The van der Waals surface area contributed by atoms with Gasteiger partial charge in [-0.1, -0.05) is 72.5 Å². The standard InChI is InChI=1S/C27H33N3O.C14H16N2O.C13H18ClN.Na.H/c1-4-14-28(2)20-25-17-24-18-26(10-11-27(24)29(25)3)31-21-23-12-15-30(16-13-23)19-22-8-6-5-7-9-22;1-4-7-15(2)10-12-8-11-9-13(17)5-6-14(11)16(12)3;14-10-12-6-8-15(9-7-12)11-13-4-2-1-3-5-13;;/h1,5-11,17-18,23H,12-16,19-21H2,2-3H3;1,5-6,8-9,17H,7,10H2,2-3H3;1-5,12H,6-11H2;;/q;;;+1;-1. The zero-order valence-corrected chi connectivity index (χ0v) is 41.7. The molecule has 0 bridgehead atoms. The molecule has 2 aromatic heterocycles. The Morgan fingerprint density at radius 3 is 1.58 bits per heavy atom. The van der Waals surface area contributed by atoms with Crippen molar-refractivity contribution >= 4 is 33.4 Å². The first-order valence-corrected chi connectivity index (χ1v) is 23.0. The van der Waals surface area contributed by atoms with Crippen LogP contribution in [0.5, 0.6) is 11.5 Å². The molecule has 2 aliphatic heterocycles. The average molecular weight is 892 g/mol. The minimum Gasteiger partial charge on any atom is -1.00 e. The molecule has 0 unspecified atom stereocenters. The third-order valence-electron chi connectivity index (χ3n) is 12.4. The second kappa shape index (κ2) is 26.1. The van der Waals surface area contributed by atoms with E-state index in [0.29, 0.717) is 24.8 Å². The molecule has 10 heteroatoms. The summed E-state index contributed by atoms with van der Waals surface area (Å²) in [5, 5.41) is 11.7. The molecule has 2 saturated heterocycles. The molecule has 64 heavy (non-hydrogen) atoms. The maximum absolute atomic E-state index is 9.45. The van der Waals surface area contributed by atoms with E-state index >= 15 is 0 Å². The van der Waals surface area contributed by atoms with E-state index in [-0.39, 0.29) is 31.0 Å². The van der Waals surface area contributed by atoms with Gasteiger partial charge in [-0.05, 0) is 137 Å². The Morgan fingerprint density at radius 2 is 1.11 bits per heavy atom. The number of aromatic nitrogens is 2. The van der Waals surface area contributed by atoms with Gasteiger partial charge in [0.25, 0.3) is 0 Å². The third kappa shape index (κ3) is 15.2. The van der Waals surface area contributed by atoms with E-state index in [1.54, 1.807) is 12.1 Å². The Kier molecular flexibility index (Phi) is 20.7. The van der Waals surface area contributed by atoms with Crippen molar-refractivity contribution in [1.29, 1.82) is 0 Å². The Labute approximate surface area is 411 Å². The van der Waals surface area contributed by atoms with E-state index in [0.717, 1.165) is 74.3 Å². The van der Waals surface area contributed by atoms with Gasteiger partial charge in [0, 0.05) is 79.3 Å². The van der Waals surface area contributed by atoms with Crippen LogP contribution in [0.1, 0.15) is 49.6 Å². The first kappa shape index (κ1) is 50.8. The second-order valence-electron chi connectivity index (χ2n) is 17.5. The Balaban J connectivity index is 0.000000231. The fraction of sp³-hybridized carbons (Fsp3) is 0.407. The Morgan fingerprint density at radius 1 is 0.656 bits per heavy atom. The topological polar surface area (TPSA) is 52.3 Å². The fourth-order valence-electron chi connectivity index (χ4n) is 8.66. The number of alkyl halides is 1. The molecule has 2 aliphatic rings. The number of rotatable bonds is 14. The molecule has 334 valence electrons. The van der Waals surface area contributed by atoms with Gasteiger partial charge in [-0.25, -0.2) is 0 Å². The summed E-state index contributed by atoms with van der Waals surface area (Å²) in [5.41, 5.74) is 7.61. The largest absolute Gasteiger partial charge is 1.00 e. The monoisotopic (exact) mass is 890 g/mol. The Hall–Kier alpha value is -4.19. The first-order valence-electron chi connectivity index (χ1n) is 22.4. The van der Waals surface area contributed by atoms with Crippen LogP contribution < -0.4 is 34.3 Å². The number of aryl methyl sites for hydroxylation is 2. The first-order chi connectivity index (χ1) is 30.6. The summed E-state index contributed by atoms with van der Waals surface area (Å²) < 4.78 is 10.6. The van der Waals surface area contributed by atoms with Gasteiger partial charge in [0.05, 0.1) is 19.7 Å². The van der Waals surface area contributed by atoms with Gasteiger partial charge in [-0.2, -0.15) is 0 Å². The van der Waals surface area contributed by atoms with Crippen molar-refractivity contribution in [1.82, 2.24) is 28.7 Å². The molecule has 0 aliphatic carbocycles. The molecular weight excluding hydrogens is 823 g/mol. The van der Waals surface area contributed by atoms with Gasteiger partial charge in [-0.15, -0.1) is 24.4 Å². The van der Waals surface area contributed by atoms with Crippen LogP contribution in [0.15, 0.2) is 109 Å². The summed E-state index contributed by atoms with van der Waals surface area (Å²) >= 11 is 5.87. The minimum absolute atomic E-state index is 0. The number of fused-ring (bicyclic) bond motifs is 2. The number of hydrogen-bond acceptors (Lipinski definition) is 6. The van der Waals surface area contributed by atoms with Crippen LogP contribution in [0.25, 0.3) is 21.8 Å². The number of phenolic OH excluding ortho intramolecular Hbond substituents is 1. The summed E-state index contributed by atoms with van der Waals surface area (Å²) in [4.78, 5) is 9.31. The van der Waals surface area contributed by atoms with E-state index in [2.05, 4.69) is 146 Å². The van der Waals surface area contributed by atoms with Crippen molar-refractivity contribution in [3.63, 3.8) is 0 Å². The fourth-order valence-corrected chi connectivity index (χ4v) is 8.96. The maximum Gasteiger partial charge on any atom is 1.00 e. The van der Waals surface area contributed by atoms with Crippen LogP contribution in [0.4, 0.5) is 0 Å². The van der Waals surface area contributed by atoms with Crippen LogP contribution >= 0.6 is 11.6 Å². The Bertz CT molecular complexity index is 2400. The molecule has 0 radical (unpaired) electrons. The predicted octanol–water partition coefficient (Wildman–Crippen LogP) is 6.74. The SMILES string of the molecule is C#CCN(C)Cc1cc2cc(O)ccc2n1C.C#CCN(C)Cc1cc2cc(OCC3CCN(Cc4ccccc4)CC3)ccc2n1C.ClCC1CCN(Cc2ccccc2)CC1.[H-].[Na+]. The van der Waals surface area contributed by atoms with E-state index in [1.807, 2.05) is 20.2 Å². The van der Waals surface area contributed by atoms with Crippen molar-refractivity contribution in [3.8, 4) is 36.2 Å². The smallest absolute Gasteiger partial charge is 1.00 e. The number of halogens is 1. The number of ether oxygens (including phenoxy) is 1. The van der Waals surface area contributed by atoms with Crippen LogP contribution in [0.3, 0.4) is 0 Å². The predicted molar refractivity (Wildman–Crippen MR) is 264 cm³/mol.